The zero-order chi connectivity index (χ0) is 21.1. The Morgan fingerprint density at radius 1 is 1.03 bits per heavy atom. The van der Waals surface area contributed by atoms with Crippen molar-refractivity contribution in [2.75, 3.05) is 32.4 Å². The lowest BCUT2D eigenvalue weighted by atomic mass is 10.0. The predicted molar refractivity (Wildman–Crippen MR) is 119 cm³/mol. The Balaban J connectivity index is 1.48. The molecule has 1 amide bonds. The zero-order valence-electron chi connectivity index (χ0n) is 17.5. The highest BCUT2D eigenvalue weighted by atomic mass is 32.2. The molecule has 2 saturated heterocycles. The summed E-state index contributed by atoms with van der Waals surface area (Å²) in [6.45, 7) is 3.91. The molecule has 160 valence electrons. The summed E-state index contributed by atoms with van der Waals surface area (Å²) in [6, 6.07) is 12.0. The average molecular weight is 429 g/mol. The van der Waals surface area contributed by atoms with Gasteiger partial charge in [0.25, 0.3) is 5.91 Å². The van der Waals surface area contributed by atoms with E-state index in [0.717, 1.165) is 39.0 Å². The summed E-state index contributed by atoms with van der Waals surface area (Å²) in [4.78, 5) is 18.2. The Labute approximate surface area is 180 Å². The molecule has 0 saturated carbocycles. The lowest BCUT2D eigenvalue weighted by Gasteiger charge is -2.33. The summed E-state index contributed by atoms with van der Waals surface area (Å²) in [5.74, 6) is -0.477. The first kappa shape index (κ1) is 21.2. The van der Waals surface area contributed by atoms with E-state index in [-0.39, 0.29) is 11.9 Å². The molecule has 6 heteroatoms. The maximum absolute atomic E-state index is 14.9. The van der Waals surface area contributed by atoms with Gasteiger partial charge in [-0.2, -0.15) is 0 Å². The summed E-state index contributed by atoms with van der Waals surface area (Å²) in [7, 11) is -1.06. The Morgan fingerprint density at radius 3 is 2.43 bits per heavy atom. The van der Waals surface area contributed by atoms with Crippen molar-refractivity contribution in [2.45, 2.75) is 43.0 Å². The van der Waals surface area contributed by atoms with Crippen LogP contribution in [0.3, 0.4) is 0 Å². The van der Waals surface area contributed by atoms with Crippen LogP contribution in [0.4, 0.5) is 4.39 Å². The van der Waals surface area contributed by atoms with E-state index in [4.69, 9.17) is 0 Å². The van der Waals surface area contributed by atoms with Crippen LogP contribution in [0.15, 0.2) is 47.4 Å². The summed E-state index contributed by atoms with van der Waals surface area (Å²) >= 11 is 0. The van der Waals surface area contributed by atoms with Gasteiger partial charge in [-0.3, -0.25) is 9.00 Å². The second-order valence-electron chi connectivity index (χ2n) is 8.33. The van der Waals surface area contributed by atoms with Crippen LogP contribution in [0.5, 0.6) is 0 Å². The third-order valence-electron chi connectivity index (χ3n) is 6.27. The van der Waals surface area contributed by atoms with E-state index >= 15 is 0 Å². The number of carbonyl (C=O) groups is 1. The molecule has 0 aliphatic carbocycles. The topological polar surface area (TPSA) is 40.6 Å². The van der Waals surface area contributed by atoms with Gasteiger partial charge in [-0.15, -0.1) is 0 Å². The monoisotopic (exact) mass is 428 g/mol. The van der Waals surface area contributed by atoms with Crippen molar-refractivity contribution in [3.05, 3.63) is 53.8 Å². The molecule has 4 rings (SSSR count). The van der Waals surface area contributed by atoms with Gasteiger partial charge in [0.05, 0.1) is 0 Å². The van der Waals surface area contributed by atoms with Gasteiger partial charge in [0.2, 0.25) is 0 Å². The molecule has 0 radical (unpaired) electrons. The fraction of sp³-hybridized carbons (Fsp3) is 0.458. The van der Waals surface area contributed by atoms with E-state index in [1.165, 1.54) is 25.3 Å². The molecule has 0 spiro atoms. The number of likely N-dealkylation sites (tertiary alicyclic amines) is 2. The van der Waals surface area contributed by atoms with Crippen LogP contribution in [0, 0.1) is 5.82 Å². The third kappa shape index (κ3) is 4.65. The van der Waals surface area contributed by atoms with Crippen LogP contribution in [-0.4, -0.2) is 58.4 Å². The second-order valence-corrected chi connectivity index (χ2v) is 9.71. The SMILES string of the molecule is CS(=O)c1ccc(-c2ccc(C(=O)N3CCCC3CN3CCCCC3)cc2F)cc1. The molecule has 2 aromatic carbocycles. The molecule has 2 aliphatic rings. The van der Waals surface area contributed by atoms with Crippen LogP contribution in [-0.2, 0) is 10.8 Å². The summed E-state index contributed by atoms with van der Waals surface area (Å²) < 4.78 is 26.4. The van der Waals surface area contributed by atoms with Crippen molar-refractivity contribution < 1.29 is 13.4 Å². The van der Waals surface area contributed by atoms with Crippen molar-refractivity contribution in [2.24, 2.45) is 0 Å². The van der Waals surface area contributed by atoms with Crippen molar-refractivity contribution in [3.63, 3.8) is 0 Å². The largest absolute Gasteiger partial charge is 0.334 e. The average Bonchev–Trinajstić information content (AvgIpc) is 3.22. The van der Waals surface area contributed by atoms with Crippen LogP contribution in [0.2, 0.25) is 0 Å². The number of benzene rings is 2. The lowest BCUT2D eigenvalue weighted by Crippen LogP contribution is -2.44. The molecule has 4 nitrogen and oxygen atoms in total. The van der Waals surface area contributed by atoms with Crippen LogP contribution >= 0.6 is 0 Å². The second kappa shape index (κ2) is 9.40. The smallest absolute Gasteiger partial charge is 0.254 e. The van der Waals surface area contributed by atoms with Gasteiger partial charge >= 0.3 is 0 Å². The van der Waals surface area contributed by atoms with Gasteiger partial charge in [0.1, 0.15) is 5.82 Å². The van der Waals surface area contributed by atoms with Gasteiger partial charge in [0.15, 0.2) is 0 Å². The van der Waals surface area contributed by atoms with Crippen molar-refractivity contribution in [3.8, 4) is 11.1 Å². The van der Waals surface area contributed by atoms with E-state index < -0.39 is 16.6 Å². The number of rotatable bonds is 5. The number of carbonyl (C=O) groups excluding carboxylic acids is 1. The molecular formula is C24H29FN2O2S. The number of piperidine rings is 1. The fourth-order valence-electron chi connectivity index (χ4n) is 4.61. The van der Waals surface area contributed by atoms with Gasteiger partial charge in [-0.1, -0.05) is 24.6 Å². The van der Waals surface area contributed by atoms with Crippen LogP contribution in [0.1, 0.15) is 42.5 Å². The molecule has 2 aliphatic heterocycles. The van der Waals surface area contributed by atoms with Gasteiger partial charge in [-0.25, -0.2) is 4.39 Å². The number of hydrogen-bond acceptors (Lipinski definition) is 3. The molecule has 2 unspecified atom stereocenters. The van der Waals surface area contributed by atoms with Gasteiger partial charge < -0.3 is 9.80 Å². The summed E-state index contributed by atoms with van der Waals surface area (Å²) in [5, 5.41) is 0. The Morgan fingerprint density at radius 2 is 1.77 bits per heavy atom. The number of amides is 1. The van der Waals surface area contributed by atoms with Crippen molar-refractivity contribution in [1.82, 2.24) is 9.80 Å². The fourth-order valence-corrected chi connectivity index (χ4v) is 5.13. The first-order valence-corrected chi connectivity index (χ1v) is 12.4. The van der Waals surface area contributed by atoms with Gasteiger partial charge in [0, 0.05) is 52.2 Å². The molecule has 0 bridgehead atoms. The molecule has 0 aromatic heterocycles. The quantitative estimate of drug-likeness (QED) is 0.712. The maximum Gasteiger partial charge on any atom is 0.254 e. The van der Waals surface area contributed by atoms with E-state index in [9.17, 15) is 13.4 Å². The first-order chi connectivity index (χ1) is 14.5. The molecule has 2 heterocycles. The molecule has 2 aromatic rings. The molecule has 2 fully saturated rings. The van der Waals surface area contributed by atoms with Crippen LogP contribution in [0.25, 0.3) is 11.1 Å². The lowest BCUT2D eigenvalue weighted by molar-refractivity contribution is 0.0690. The number of halogens is 1. The Hall–Kier alpha value is -2.05. The highest BCUT2D eigenvalue weighted by Crippen LogP contribution is 2.27. The van der Waals surface area contributed by atoms with E-state index in [0.29, 0.717) is 21.6 Å². The van der Waals surface area contributed by atoms with E-state index in [1.54, 1.807) is 42.7 Å². The zero-order valence-corrected chi connectivity index (χ0v) is 18.3. The highest BCUT2D eigenvalue weighted by Gasteiger charge is 2.31. The predicted octanol–water partition coefficient (Wildman–Crippen LogP) is 4.32. The number of hydrogen-bond donors (Lipinski definition) is 0. The minimum absolute atomic E-state index is 0.0725. The maximum atomic E-state index is 14.9. The third-order valence-corrected chi connectivity index (χ3v) is 7.20. The molecule has 30 heavy (non-hydrogen) atoms. The van der Waals surface area contributed by atoms with Crippen LogP contribution < -0.4 is 0 Å². The normalized spacial score (nSPS) is 21.0. The van der Waals surface area contributed by atoms with Crippen molar-refractivity contribution >= 4 is 16.7 Å². The Kier molecular flexibility index (Phi) is 6.64. The van der Waals surface area contributed by atoms with E-state index in [2.05, 4.69) is 4.90 Å². The highest BCUT2D eigenvalue weighted by molar-refractivity contribution is 7.84. The minimum atomic E-state index is -1.06. The summed E-state index contributed by atoms with van der Waals surface area (Å²) in [5.41, 5.74) is 1.57. The Bertz CT molecular complexity index is 925. The molecular weight excluding hydrogens is 399 g/mol. The molecule has 2 atom stereocenters. The number of nitrogens with zero attached hydrogens (tertiary/aromatic N) is 2. The van der Waals surface area contributed by atoms with Gasteiger partial charge in [-0.05, 0) is 68.6 Å². The standard InChI is InChI=1S/C24H29FN2O2S/c1-30(29)21-10-7-18(8-11-21)22-12-9-19(16-23(22)25)24(28)27-15-5-6-20(27)17-26-13-3-2-4-14-26/h7-12,16,20H,2-6,13-15,17H2,1H3. The molecule has 0 N–H and O–H groups in total. The van der Waals surface area contributed by atoms with E-state index in [1.807, 2.05) is 4.90 Å². The minimum Gasteiger partial charge on any atom is -0.334 e. The summed E-state index contributed by atoms with van der Waals surface area (Å²) in [6.07, 6.45) is 7.43. The first-order valence-electron chi connectivity index (χ1n) is 10.8. The van der Waals surface area contributed by atoms with Crippen molar-refractivity contribution in [1.29, 1.82) is 0 Å².